The molecule has 0 unspecified atom stereocenters. The number of aromatic nitrogens is 1. The van der Waals surface area contributed by atoms with Crippen LogP contribution in [0.2, 0.25) is 0 Å². The zero-order chi connectivity index (χ0) is 14.0. The Morgan fingerprint density at radius 3 is 2.58 bits per heavy atom. The zero-order valence-electron chi connectivity index (χ0n) is 11.1. The van der Waals surface area contributed by atoms with E-state index in [2.05, 4.69) is 9.71 Å². The van der Waals surface area contributed by atoms with E-state index in [1.165, 1.54) is 11.3 Å². The normalized spacial score (nSPS) is 11.7. The number of aryl methyl sites for hydroxylation is 3. The third kappa shape index (κ3) is 3.40. The van der Waals surface area contributed by atoms with Crippen LogP contribution >= 0.6 is 11.3 Å². The van der Waals surface area contributed by atoms with E-state index in [4.69, 9.17) is 0 Å². The van der Waals surface area contributed by atoms with Gasteiger partial charge in [0.15, 0.2) is 0 Å². The van der Waals surface area contributed by atoms with Crippen molar-refractivity contribution in [1.29, 1.82) is 0 Å². The molecule has 1 aromatic carbocycles. The Bertz CT molecular complexity index is 690. The molecule has 2 aromatic rings. The van der Waals surface area contributed by atoms with Gasteiger partial charge >= 0.3 is 0 Å². The van der Waals surface area contributed by atoms with Crippen molar-refractivity contribution in [1.82, 2.24) is 9.71 Å². The van der Waals surface area contributed by atoms with Gasteiger partial charge < -0.3 is 0 Å². The molecule has 1 heterocycles. The first-order chi connectivity index (χ1) is 8.88. The van der Waals surface area contributed by atoms with E-state index in [0.29, 0.717) is 4.90 Å². The number of nitrogens with zero attached hydrogens (tertiary/aromatic N) is 1. The molecular formula is C13H16N2O2S2. The van der Waals surface area contributed by atoms with E-state index in [-0.39, 0.29) is 6.54 Å². The smallest absolute Gasteiger partial charge is 0.241 e. The van der Waals surface area contributed by atoms with Gasteiger partial charge in [0, 0.05) is 11.1 Å². The fourth-order valence-electron chi connectivity index (χ4n) is 1.82. The molecule has 102 valence electrons. The molecule has 0 saturated carbocycles. The van der Waals surface area contributed by atoms with Crippen molar-refractivity contribution in [2.75, 3.05) is 0 Å². The van der Waals surface area contributed by atoms with E-state index < -0.39 is 10.0 Å². The lowest BCUT2D eigenvalue weighted by Gasteiger charge is -2.08. The molecule has 6 heteroatoms. The van der Waals surface area contributed by atoms with Gasteiger partial charge in [0.25, 0.3) is 0 Å². The van der Waals surface area contributed by atoms with Crippen molar-refractivity contribution in [3.05, 3.63) is 45.4 Å². The van der Waals surface area contributed by atoms with Gasteiger partial charge in [0.1, 0.15) is 5.01 Å². The van der Waals surface area contributed by atoms with Crippen LogP contribution in [-0.4, -0.2) is 13.4 Å². The van der Waals surface area contributed by atoms with Gasteiger partial charge in [0.2, 0.25) is 10.0 Å². The minimum atomic E-state index is -3.48. The maximum absolute atomic E-state index is 12.2. The van der Waals surface area contributed by atoms with Crippen molar-refractivity contribution in [2.24, 2.45) is 0 Å². The molecule has 19 heavy (non-hydrogen) atoms. The van der Waals surface area contributed by atoms with Crippen LogP contribution in [0.25, 0.3) is 0 Å². The average molecular weight is 296 g/mol. The molecule has 1 aromatic heterocycles. The topological polar surface area (TPSA) is 59.1 Å². The second kappa shape index (κ2) is 5.40. The van der Waals surface area contributed by atoms with Gasteiger partial charge in [-0.25, -0.2) is 18.1 Å². The molecule has 0 atom stereocenters. The van der Waals surface area contributed by atoms with Crippen LogP contribution in [0.5, 0.6) is 0 Å². The van der Waals surface area contributed by atoms with E-state index in [9.17, 15) is 8.42 Å². The minimum absolute atomic E-state index is 0.230. The SMILES string of the molecule is Cc1ccc(S(=O)(=O)NCc2nc(C)cs2)c(C)c1. The lowest BCUT2D eigenvalue weighted by atomic mass is 10.2. The third-order valence-corrected chi connectivity index (χ3v) is 5.23. The summed E-state index contributed by atoms with van der Waals surface area (Å²) in [5.41, 5.74) is 2.71. The lowest BCUT2D eigenvalue weighted by molar-refractivity contribution is 0.580. The number of benzene rings is 1. The number of hydrogen-bond donors (Lipinski definition) is 1. The van der Waals surface area contributed by atoms with Crippen LogP contribution in [0.4, 0.5) is 0 Å². The Hall–Kier alpha value is -1.24. The molecule has 2 rings (SSSR count). The Balaban J connectivity index is 2.18. The van der Waals surface area contributed by atoms with Crippen LogP contribution in [0.1, 0.15) is 21.8 Å². The fourth-order valence-corrected chi connectivity index (χ4v) is 3.83. The number of nitrogens with one attached hydrogen (secondary N) is 1. The van der Waals surface area contributed by atoms with Gasteiger partial charge in [-0.05, 0) is 32.4 Å². The first-order valence-electron chi connectivity index (χ1n) is 5.86. The maximum Gasteiger partial charge on any atom is 0.241 e. The number of sulfonamides is 1. The molecule has 0 fully saturated rings. The number of thiazole rings is 1. The Kier molecular flexibility index (Phi) is 4.03. The first-order valence-corrected chi connectivity index (χ1v) is 8.23. The van der Waals surface area contributed by atoms with Crippen molar-refractivity contribution in [2.45, 2.75) is 32.2 Å². The summed E-state index contributed by atoms with van der Waals surface area (Å²) in [5.74, 6) is 0. The summed E-state index contributed by atoms with van der Waals surface area (Å²) in [6.45, 7) is 5.86. The zero-order valence-corrected chi connectivity index (χ0v) is 12.7. The van der Waals surface area contributed by atoms with Gasteiger partial charge in [-0.2, -0.15) is 0 Å². The molecule has 1 N–H and O–H groups in total. The predicted octanol–water partition coefficient (Wildman–Crippen LogP) is 2.55. The average Bonchev–Trinajstić information content (AvgIpc) is 2.72. The summed E-state index contributed by atoms with van der Waals surface area (Å²) < 4.78 is 27.0. The first kappa shape index (κ1) is 14.2. The van der Waals surface area contributed by atoms with Crippen LogP contribution in [0.15, 0.2) is 28.5 Å². The van der Waals surface area contributed by atoms with E-state index >= 15 is 0 Å². The minimum Gasteiger partial charge on any atom is -0.245 e. The summed E-state index contributed by atoms with van der Waals surface area (Å²) in [6, 6.07) is 5.30. The molecular weight excluding hydrogens is 280 g/mol. The Labute approximate surface area is 117 Å². The molecule has 0 saturated heterocycles. The largest absolute Gasteiger partial charge is 0.245 e. The summed E-state index contributed by atoms with van der Waals surface area (Å²) in [5, 5.41) is 2.67. The fraction of sp³-hybridized carbons (Fsp3) is 0.308. The van der Waals surface area contributed by atoms with Crippen molar-refractivity contribution >= 4 is 21.4 Å². The summed E-state index contributed by atoms with van der Waals surface area (Å²) in [7, 11) is -3.48. The highest BCUT2D eigenvalue weighted by atomic mass is 32.2. The quantitative estimate of drug-likeness (QED) is 0.943. The molecule has 0 aliphatic carbocycles. The van der Waals surface area contributed by atoms with E-state index in [0.717, 1.165) is 21.8 Å². The van der Waals surface area contributed by atoms with Gasteiger partial charge in [0.05, 0.1) is 11.4 Å². The van der Waals surface area contributed by atoms with Gasteiger partial charge in [-0.1, -0.05) is 17.7 Å². The second-order valence-corrected chi connectivity index (χ2v) is 7.15. The lowest BCUT2D eigenvalue weighted by Crippen LogP contribution is -2.24. The van der Waals surface area contributed by atoms with Crippen LogP contribution in [-0.2, 0) is 16.6 Å². The number of hydrogen-bond acceptors (Lipinski definition) is 4. The summed E-state index contributed by atoms with van der Waals surface area (Å²) >= 11 is 1.45. The Morgan fingerprint density at radius 2 is 2.00 bits per heavy atom. The highest BCUT2D eigenvalue weighted by molar-refractivity contribution is 7.89. The molecule has 0 aliphatic rings. The standard InChI is InChI=1S/C13H16N2O2S2/c1-9-4-5-12(10(2)6-9)19(16,17)14-7-13-15-11(3)8-18-13/h4-6,8,14H,7H2,1-3H3. The van der Waals surface area contributed by atoms with Crippen LogP contribution < -0.4 is 4.72 Å². The molecule has 0 bridgehead atoms. The molecule has 0 radical (unpaired) electrons. The van der Waals surface area contributed by atoms with Gasteiger partial charge in [-0.15, -0.1) is 11.3 Å². The van der Waals surface area contributed by atoms with E-state index in [1.807, 2.05) is 25.3 Å². The van der Waals surface area contributed by atoms with Crippen molar-refractivity contribution in [3.63, 3.8) is 0 Å². The van der Waals surface area contributed by atoms with E-state index in [1.54, 1.807) is 19.1 Å². The van der Waals surface area contributed by atoms with Crippen LogP contribution in [0.3, 0.4) is 0 Å². The molecule has 0 spiro atoms. The highest BCUT2D eigenvalue weighted by Crippen LogP contribution is 2.17. The third-order valence-electron chi connectivity index (χ3n) is 2.70. The second-order valence-electron chi connectivity index (χ2n) is 4.48. The molecule has 4 nitrogen and oxygen atoms in total. The number of rotatable bonds is 4. The summed E-state index contributed by atoms with van der Waals surface area (Å²) in [6.07, 6.45) is 0. The van der Waals surface area contributed by atoms with Crippen molar-refractivity contribution < 1.29 is 8.42 Å². The highest BCUT2D eigenvalue weighted by Gasteiger charge is 2.16. The predicted molar refractivity (Wildman–Crippen MR) is 76.8 cm³/mol. The monoisotopic (exact) mass is 296 g/mol. The summed E-state index contributed by atoms with van der Waals surface area (Å²) in [4.78, 5) is 4.56. The van der Waals surface area contributed by atoms with Gasteiger partial charge in [-0.3, -0.25) is 0 Å². The maximum atomic E-state index is 12.2. The van der Waals surface area contributed by atoms with Crippen LogP contribution in [0, 0.1) is 20.8 Å². The Morgan fingerprint density at radius 1 is 1.26 bits per heavy atom. The molecule has 0 amide bonds. The van der Waals surface area contributed by atoms with Crippen molar-refractivity contribution in [3.8, 4) is 0 Å². The molecule has 0 aliphatic heterocycles.